The molecule has 0 aliphatic carbocycles. The molecule has 0 spiro atoms. The molecule has 73 valence electrons. The molecule has 2 nitrogen and oxygen atoms in total. The van der Waals surface area contributed by atoms with Crippen molar-refractivity contribution in [3.8, 4) is 0 Å². The summed E-state index contributed by atoms with van der Waals surface area (Å²) >= 11 is 0. The van der Waals surface area contributed by atoms with Gasteiger partial charge >= 0.3 is 0 Å². The van der Waals surface area contributed by atoms with Crippen LogP contribution in [0.1, 0.15) is 18.9 Å². The van der Waals surface area contributed by atoms with Crippen molar-refractivity contribution in [2.75, 3.05) is 6.54 Å². The van der Waals surface area contributed by atoms with E-state index in [2.05, 4.69) is 11.4 Å². The summed E-state index contributed by atoms with van der Waals surface area (Å²) in [6.45, 7) is 2.75. The van der Waals surface area contributed by atoms with Crippen LogP contribution in [0, 0.1) is 6.07 Å². The minimum atomic E-state index is -0.0420. The molecule has 1 N–H and O–H groups in total. The Kier molecular flexibility index (Phi) is 4.48. The second-order valence-electron chi connectivity index (χ2n) is 2.96. The van der Waals surface area contributed by atoms with Gasteiger partial charge in [0.15, 0.2) is 0 Å². The Morgan fingerprint density at radius 3 is 2.86 bits per heavy atom. The zero-order valence-electron chi connectivity index (χ0n) is 8.29. The summed E-state index contributed by atoms with van der Waals surface area (Å²) in [6.07, 6.45) is 4.30. The molecule has 1 radical (unpaired) electrons. The van der Waals surface area contributed by atoms with Gasteiger partial charge in [-0.3, -0.25) is 4.79 Å². The second-order valence-corrected chi connectivity index (χ2v) is 2.96. The van der Waals surface area contributed by atoms with E-state index < -0.39 is 0 Å². The number of nitrogens with one attached hydrogen (secondary N) is 1. The molecular formula is C12H14NO. The molecule has 0 heterocycles. The van der Waals surface area contributed by atoms with Crippen LogP contribution in [0.25, 0.3) is 6.08 Å². The number of hydrogen-bond acceptors (Lipinski definition) is 1. The number of rotatable bonds is 4. The van der Waals surface area contributed by atoms with Gasteiger partial charge in [-0.2, -0.15) is 0 Å². The summed E-state index contributed by atoms with van der Waals surface area (Å²) in [5.41, 5.74) is 1.01. The van der Waals surface area contributed by atoms with E-state index in [0.717, 1.165) is 18.5 Å². The molecule has 1 rings (SSSR count). The summed E-state index contributed by atoms with van der Waals surface area (Å²) in [5.74, 6) is -0.0420. The van der Waals surface area contributed by atoms with Crippen molar-refractivity contribution in [3.63, 3.8) is 0 Å². The first kappa shape index (κ1) is 10.5. The third-order valence-electron chi connectivity index (χ3n) is 1.72. The lowest BCUT2D eigenvalue weighted by atomic mass is 10.2. The highest BCUT2D eigenvalue weighted by molar-refractivity contribution is 5.91. The van der Waals surface area contributed by atoms with E-state index in [4.69, 9.17) is 0 Å². The summed E-state index contributed by atoms with van der Waals surface area (Å²) in [6, 6.07) is 10.4. The first-order valence-corrected chi connectivity index (χ1v) is 4.75. The van der Waals surface area contributed by atoms with Crippen LogP contribution in [0.15, 0.2) is 30.3 Å². The van der Waals surface area contributed by atoms with Crippen molar-refractivity contribution in [2.45, 2.75) is 13.3 Å². The largest absolute Gasteiger partial charge is 0.353 e. The zero-order chi connectivity index (χ0) is 10.2. The molecule has 1 aromatic rings. The predicted octanol–water partition coefficient (Wildman–Crippen LogP) is 2.03. The third kappa shape index (κ3) is 3.90. The Balaban J connectivity index is 2.44. The van der Waals surface area contributed by atoms with Gasteiger partial charge in [0.25, 0.3) is 0 Å². The number of hydrogen-bond donors (Lipinski definition) is 1. The summed E-state index contributed by atoms with van der Waals surface area (Å²) < 4.78 is 0. The van der Waals surface area contributed by atoms with Crippen LogP contribution in [0.4, 0.5) is 0 Å². The van der Waals surface area contributed by atoms with Crippen molar-refractivity contribution in [2.24, 2.45) is 0 Å². The molecule has 0 aromatic heterocycles. The Hall–Kier alpha value is -1.57. The highest BCUT2D eigenvalue weighted by Crippen LogP contribution is 1.99. The minimum absolute atomic E-state index is 0.0420. The standard InChI is InChI=1S/C12H14NO/c1-2-10-13-12(14)9-8-11-6-4-3-5-7-11/h4-9H,2,10H2,1H3,(H,13,14)/b9-8+. The van der Waals surface area contributed by atoms with Gasteiger partial charge in [-0.25, -0.2) is 0 Å². The second kappa shape index (κ2) is 5.97. The molecule has 0 atom stereocenters. The fraction of sp³-hybridized carbons (Fsp3) is 0.250. The molecule has 14 heavy (non-hydrogen) atoms. The van der Waals surface area contributed by atoms with E-state index in [9.17, 15) is 4.79 Å². The summed E-state index contributed by atoms with van der Waals surface area (Å²) in [5, 5.41) is 2.77. The Labute approximate surface area is 84.6 Å². The van der Waals surface area contributed by atoms with Gasteiger partial charge in [-0.05, 0) is 24.1 Å². The summed E-state index contributed by atoms with van der Waals surface area (Å²) in [7, 11) is 0. The van der Waals surface area contributed by atoms with Gasteiger partial charge in [0.1, 0.15) is 0 Å². The molecule has 0 fully saturated rings. The first-order chi connectivity index (χ1) is 6.83. The van der Waals surface area contributed by atoms with Crippen LogP contribution in [0.5, 0.6) is 0 Å². The van der Waals surface area contributed by atoms with E-state index in [1.54, 1.807) is 12.2 Å². The van der Waals surface area contributed by atoms with Crippen LogP contribution in [0.2, 0.25) is 0 Å². The normalized spacial score (nSPS) is 10.4. The minimum Gasteiger partial charge on any atom is -0.353 e. The lowest BCUT2D eigenvalue weighted by molar-refractivity contribution is -0.116. The average molecular weight is 188 g/mol. The first-order valence-electron chi connectivity index (χ1n) is 4.75. The molecule has 2 heteroatoms. The van der Waals surface area contributed by atoms with Gasteiger partial charge in [0.2, 0.25) is 5.91 Å². The van der Waals surface area contributed by atoms with Crippen LogP contribution >= 0.6 is 0 Å². The molecule has 0 saturated heterocycles. The number of carbonyl (C=O) groups excluding carboxylic acids is 1. The highest BCUT2D eigenvalue weighted by atomic mass is 16.1. The van der Waals surface area contributed by atoms with Gasteiger partial charge in [0, 0.05) is 12.6 Å². The Bertz CT molecular complexity index is 303. The number of amides is 1. The van der Waals surface area contributed by atoms with E-state index >= 15 is 0 Å². The third-order valence-corrected chi connectivity index (χ3v) is 1.72. The molecule has 0 aliphatic heterocycles. The van der Waals surface area contributed by atoms with Crippen molar-refractivity contribution in [1.82, 2.24) is 5.32 Å². The predicted molar refractivity (Wildman–Crippen MR) is 57.6 cm³/mol. The number of benzene rings is 1. The molecule has 1 aromatic carbocycles. The highest BCUT2D eigenvalue weighted by Gasteiger charge is 1.91. The van der Waals surface area contributed by atoms with Crippen LogP contribution in [0.3, 0.4) is 0 Å². The van der Waals surface area contributed by atoms with E-state index in [1.807, 2.05) is 31.2 Å². The number of carbonyl (C=O) groups is 1. The van der Waals surface area contributed by atoms with Crippen LogP contribution < -0.4 is 5.32 Å². The maximum atomic E-state index is 11.2. The smallest absolute Gasteiger partial charge is 0.243 e. The molecule has 0 aliphatic rings. The van der Waals surface area contributed by atoms with Gasteiger partial charge in [-0.15, -0.1) is 0 Å². The molecule has 0 saturated carbocycles. The Morgan fingerprint density at radius 1 is 1.50 bits per heavy atom. The fourth-order valence-electron chi connectivity index (χ4n) is 0.990. The monoisotopic (exact) mass is 188 g/mol. The van der Waals surface area contributed by atoms with Gasteiger partial charge in [-0.1, -0.05) is 31.2 Å². The van der Waals surface area contributed by atoms with Gasteiger partial charge < -0.3 is 5.32 Å². The van der Waals surface area contributed by atoms with Crippen molar-refractivity contribution >= 4 is 12.0 Å². The maximum absolute atomic E-state index is 11.2. The topological polar surface area (TPSA) is 29.1 Å². The van der Waals surface area contributed by atoms with Gasteiger partial charge in [0.05, 0.1) is 0 Å². The van der Waals surface area contributed by atoms with Crippen molar-refractivity contribution in [1.29, 1.82) is 0 Å². The van der Waals surface area contributed by atoms with E-state index in [0.29, 0.717) is 0 Å². The maximum Gasteiger partial charge on any atom is 0.243 e. The van der Waals surface area contributed by atoms with E-state index in [1.165, 1.54) is 0 Å². The summed E-state index contributed by atoms with van der Waals surface area (Å²) in [4.78, 5) is 11.2. The van der Waals surface area contributed by atoms with E-state index in [-0.39, 0.29) is 5.91 Å². The molecule has 1 amide bonds. The van der Waals surface area contributed by atoms with Crippen molar-refractivity contribution in [3.05, 3.63) is 42.0 Å². The molecule has 0 unspecified atom stereocenters. The van der Waals surface area contributed by atoms with Crippen LogP contribution in [-0.2, 0) is 4.79 Å². The Morgan fingerprint density at radius 2 is 2.21 bits per heavy atom. The van der Waals surface area contributed by atoms with Crippen molar-refractivity contribution < 1.29 is 4.79 Å². The zero-order valence-corrected chi connectivity index (χ0v) is 8.29. The fourth-order valence-corrected chi connectivity index (χ4v) is 0.990. The lowest BCUT2D eigenvalue weighted by Crippen LogP contribution is -2.21. The quantitative estimate of drug-likeness (QED) is 0.720. The average Bonchev–Trinajstić information content (AvgIpc) is 2.25. The molecular weight excluding hydrogens is 174 g/mol. The molecule has 0 bridgehead atoms. The van der Waals surface area contributed by atoms with Crippen LogP contribution in [-0.4, -0.2) is 12.5 Å². The lowest BCUT2D eigenvalue weighted by Gasteiger charge is -1.97. The SMILES string of the molecule is CCCNC(=O)/C=C/c1cc[c]cc1.